The van der Waals surface area contributed by atoms with Crippen molar-refractivity contribution in [3.63, 3.8) is 0 Å². The molecule has 2 aromatic carbocycles. The predicted octanol–water partition coefficient (Wildman–Crippen LogP) is 2.62. The molecule has 0 aliphatic rings. The van der Waals surface area contributed by atoms with Gasteiger partial charge in [-0.25, -0.2) is 13.9 Å². The summed E-state index contributed by atoms with van der Waals surface area (Å²) in [5, 5.41) is 9.97. The first-order valence-corrected chi connectivity index (χ1v) is 7.66. The second-order valence-electron chi connectivity index (χ2n) is 5.68. The van der Waals surface area contributed by atoms with Crippen LogP contribution < -0.4 is 10.9 Å². The Morgan fingerprint density at radius 2 is 1.92 bits per heavy atom. The first-order chi connectivity index (χ1) is 12.0. The molecule has 0 aliphatic heterocycles. The number of nitrogens with one attached hydrogen (secondary N) is 2. The molecule has 3 rings (SSSR count). The molecule has 0 bridgehead atoms. The summed E-state index contributed by atoms with van der Waals surface area (Å²) in [5.74, 6) is -1.79. The van der Waals surface area contributed by atoms with Crippen LogP contribution in [0.4, 0.5) is 8.78 Å². The standard InChI is InChI=1S/C18H15F2N3O2/c1-10(12-7-6-11(19)8-15(12)20)21-17(24)9-16-13-4-2-3-5-14(13)18(25)23-22-16/h2-8,10H,9H2,1H3,(H,21,24)(H,23,25)/t10-/m0/s1. The third kappa shape index (κ3) is 3.55. The van der Waals surface area contributed by atoms with Gasteiger partial charge in [-0.1, -0.05) is 24.3 Å². The molecule has 0 fully saturated rings. The summed E-state index contributed by atoms with van der Waals surface area (Å²) in [6.45, 7) is 1.60. The molecule has 0 unspecified atom stereocenters. The summed E-state index contributed by atoms with van der Waals surface area (Å²) in [7, 11) is 0. The summed E-state index contributed by atoms with van der Waals surface area (Å²) in [6.07, 6.45) is -0.0789. The molecule has 25 heavy (non-hydrogen) atoms. The molecule has 128 valence electrons. The Balaban J connectivity index is 1.79. The molecule has 0 saturated heterocycles. The van der Waals surface area contributed by atoms with Crippen LogP contribution in [-0.4, -0.2) is 16.1 Å². The first-order valence-electron chi connectivity index (χ1n) is 7.66. The number of H-pyrrole nitrogens is 1. The topological polar surface area (TPSA) is 74.8 Å². The van der Waals surface area contributed by atoms with Gasteiger partial charge in [0.25, 0.3) is 5.56 Å². The number of hydrogen-bond acceptors (Lipinski definition) is 3. The van der Waals surface area contributed by atoms with Crippen molar-refractivity contribution in [3.05, 3.63) is 75.7 Å². The van der Waals surface area contributed by atoms with Gasteiger partial charge in [-0.15, -0.1) is 0 Å². The third-order valence-electron chi connectivity index (χ3n) is 3.91. The van der Waals surface area contributed by atoms with Crippen molar-refractivity contribution in [2.75, 3.05) is 0 Å². The highest BCUT2D eigenvalue weighted by atomic mass is 19.1. The Morgan fingerprint density at radius 1 is 1.20 bits per heavy atom. The van der Waals surface area contributed by atoms with E-state index in [0.717, 1.165) is 12.1 Å². The molecular formula is C18H15F2N3O2. The number of carbonyl (C=O) groups excluding carboxylic acids is 1. The number of carbonyl (C=O) groups is 1. The third-order valence-corrected chi connectivity index (χ3v) is 3.91. The van der Waals surface area contributed by atoms with E-state index in [-0.39, 0.29) is 23.5 Å². The molecule has 1 amide bonds. The fourth-order valence-corrected chi connectivity index (χ4v) is 2.68. The minimum absolute atomic E-state index is 0.0789. The van der Waals surface area contributed by atoms with Gasteiger partial charge in [0.05, 0.1) is 23.5 Å². The summed E-state index contributed by atoms with van der Waals surface area (Å²) < 4.78 is 26.8. The number of halogens is 2. The lowest BCUT2D eigenvalue weighted by atomic mass is 10.1. The monoisotopic (exact) mass is 343 g/mol. The molecule has 0 saturated carbocycles. The van der Waals surface area contributed by atoms with Crippen LogP contribution in [0.5, 0.6) is 0 Å². The van der Waals surface area contributed by atoms with Crippen molar-refractivity contribution in [2.45, 2.75) is 19.4 Å². The van der Waals surface area contributed by atoms with Gasteiger partial charge in [-0.3, -0.25) is 9.59 Å². The largest absolute Gasteiger partial charge is 0.349 e. The summed E-state index contributed by atoms with van der Waals surface area (Å²) >= 11 is 0. The zero-order valence-corrected chi connectivity index (χ0v) is 13.3. The lowest BCUT2D eigenvalue weighted by Gasteiger charge is -2.15. The van der Waals surface area contributed by atoms with Crippen molar-refractivity contribution < 1.29 is 13.6 Å². The lowest BCUT2D eigenvalue weighted by Crippen LogP contribution is -2.29. The van der Waals surface area contributed by atoms with E-state index in [2.05, 4.69) is 15.5 Å². The fraction of sp³-hybridized carbons (Fsp3) is 0.167. The first kappa shape index (κ1) is 16.8. The number of benzene rings is 2. The normalized spacial score (nSPS) is 12.1. The molecule has 0 aliphatic carbocycles. The molecular weight excluding hydrogens is 328 g/mol. The van der Waals surface area contributed by atoms with Crippen molar-refractivity contribution >= 4 is 16.7 Å². The van der Waals surface area contributed by atoms with Gasteiger partial charge in [0.1, 0.15) is 11.6 Å². The van der Waals surface area contributed by atoms with Crippen LogP contribution >= 0.6 is 0 Å². The fourth-order valence-electron chi connectivity index (χ4n) is 2.68. The average molecular weight is 343 g/mol. The van der Waals surface area contributed by atoms with Crippen LogP contribution in [0, 0.1) is 11.6 Å². The molecule has 5 nitrogen and oxygen atoms in total. The van der Waals surface area contributed by atoms with Crippen LogP contribution in [0.25, 0.3) is 10.8 Å². The van der Waals surface area contributed by atoms with Crippen molar-refractivity contribution in [3.8, 4) is 0 Å². The van der Waals surface area contributed by atoms with Crippen LogP contribution in [0.1, 0.15) is 24.2 Å². The maximum Gasteiger partial charge on any atom is 0.272 e. The van der Waals surface area contributed by atoms with E-state index in [1.807, 2.05) is 0 Å². The van der Waals surface area contributed by atoms with Crippen molar-refractivity contribution in [1.82, 2.24) is 15.5 Å². The molecule has 1 aromatic heterocycles. The maximum absolute atomic E-state index is 13.8. The van der Waals surface area contributed by atoms with Gasteiger partial charge in [0.2, 0.25) is 5.91 Å². The summed E-state index contributed by atoms with van der Waals surface area (Å²) in [4.78, 5) is 24.0. The van der Waals surface area contributed by atoms with E-state index in [1.165, 1.54) is 6.07 Å². The number of hydrogen-bond donors (Lipinski definition) is 2. The Morgan fingerprint density at radius 3 is 2.64 bits per heavy atom. The molecule has 0 spiro atoms. The molecule has 1 atom stereocenters. The number of amides is 1. The minimum Gasteiger partial charge on any atom is -0.349 e. The van der Waals surface area contributed by atoms with Gasteiger partial charge in [-0.2, -0.15) is 5.10 Å². The number of fused-ring (bicyclic) bond motifs is 1. The number of aromatic nitrogens is 2. The van der Waals surface area contributed by atoms with E-state index in [0.29, 0.717) is 16.5 Å². The van der Waals surface area contributed by atoms with Crippen LogP contribution in [0.15, 0.2) is 47.3 Å². The van der Waals surface area contributed by atoms with Crippen LogP contribution in [0.2, 0.25) is 0 Å². The van der Waals surface area contributed by atoms with Gasteiger partial charge >= 0.3 is 0 Å². The molecule has 3 aromatic rings. The van der Waals surface area contributed by atoms with Gasteiger partial charge in [-0.05, 0) is 19.1 Å². The number of aromatic amines is 1. The lowest BCUT2D eigenvalue weighted by molar-refractivity contribution is -0.121. The smallest absolute Gasteiger partial charge is 0.272 e. The van der Waals surface area contributed by atoms with Crippen molar-refractivity contribution in [2.24, 2.45) is 0 Å². The van der Waals surface area contributed by atoms with E-state index in [4.69, 9.17) is 0 Å². The number of nitrogens with zero attached hydrogens (tertiary/aromatic N) is 1. The number of rotatable bonds is 4. The zero-order valence-electron chi connectivity index (χ0n) is 13.3. The second kappa shape index (κ2) is 6.80. The predicted molar refractivity (Wildman–Crippen MR) is 89.0 cm³/mol. The van der Waals surface area contributed by atoms with Gasteiger partial charge < -0.3 is 5.32 Å². The van der Waals surface area contributed by atoms with Gasteiger partial charge in [0.15, 0.2) is 0 Å². The summed E-state index contributed by atoms with van der Waals surface area (Å²) in [5.41, 5.74) is 0.273. The zero-order chi connectivity index (χ0) is 18.0. The average Bonchev–Trinajstić information content (AvgIpc) is 2.57. The van der Waals surface area contributed by atoms with Crippen LogP contribution in [0.3, 0.4) is 0 Å². The highest BCUT2D eigenvalue weighted by Gasteiger charge is 2.16. The Bertz CT molecular complexity index is 1000. The highest BCUT2D eigenvalue weighted by molar-refractivity contribution is 5.88. The van der Waals surface area contributed by atoms with E-state index in [9.17, 15) is 18.4 Å². The molecule has 7 heteroatoms. The van der Waals surface area contributed by atoms with E-state index in [1.54, 1.807) is 31.2 Å². The molecule has 2 N–H and O–H groups in total. The van der Waals surface area contributed by atoms with Crippen LogP contribution in [-0.2, 0) is 11.2 Å². The summed E-state index contributed by atoms with van der Waals surface area (Å²) in [6, 6.07) is 9.40. The van der Waals surface area contributed by atoms with Gasteiger partial charge in [0, 0.05) is 17.0 Å². The quantitative estimate of drug-likeness (QED) is 0.765. The SMILES string of the molecule is C[C@H](NC(=O)Cc1n[nH]c(=O)c2ccccc12)c1ccc(F)cc1F. The Hall–Kier alpha value is -3.09. The Labute approximate surface area is 141 Å². The maximum atomic E-state index is 13.8. The Kier molecular flexibility index (Phi) is 4.56. The minimum atomic E-state index is -0.722. The highest BCUT2D eigenvalue weighted by Crippen LogP contribution is 2.18. The van der Waals surface area contributed by atoms with Crippen molar-refractivity contribution in [1.29, 1.82) is 0 Å². The molecule has 0 radical (unpaired) electrons. The van der Waals surface area contributed by atoms with E-state index < -0.39 is 17.7 Å². The second-order valence-corrected chi connectivity index (χ2v) is 5.68. The molecule has 1 heterocycles. The van der Waals surface area contributed by atoms with E-state index >= 15 is 0 Å².